The molecule has 2 aliphatic heterocycles. The monoisotopic (exact) mass is 671 g/mol. The fourth-order valence-corrected chi connectivity index (χ4v) is 5.95. The van der Waals surface area contributed by atoms with Crippen LogP contribution in [0.5, 0.6) is 17.2 Å². The molecule has 252 valence electrons. The molecule has 0 radical (unpaired) electrons. The van der Waals surface area contributed by atoms with Gasteiger partial charge in [0.2, 0.25) is 11.8 Å². The highest BCUT2D eigenvalue weighted by Crippen LogP contribution is 2.29. The van der Waals surface area contributed by atoms with Crippen LogP contribution in [-0.2, 0) is 20.9 Å². The zero-order chi connectivity index (χ0) is 34.2. The molecule has 0 aliphatic carbocycles. The minimum absolute atomic E-state index is 0.0377. The van der Waals surface area contributed by atoms with E-state index in [4.69, 9.17) is 13.7 Å². The third kappa shape index (κ3) is 8.56. The van der Waals surface area contributed by atoms with Crippen molar-refractivity contribution in [2.75, 3.05) is 41.5 Å². The van der Waals surface area contributed by atoms with Crippen LogP contribution >= 0.6 is 0 Å². The number of methoxy groups -OCH3 is 1. The summed E-state index contributed by atoms with van der Waals surface area (Å²) >= 11 is -1.76. The van der Waals surface area contributed by atoms with Crippen molar-refractivity contribution in [1.29, 1.82) is 0 Å². The number of ether oxygens (including phenoxy) is 2. The van der Waals surface area contributed by atoms with Gasteiger partial charge in [-0.1, -0.05) is 43.3 Å². The highest BCUT2D eigenvalue weighted by atomic mass is 32.2. The number of anilines is 3. The van der Waals surface area contributed by atoms with Crippen molar-refractivity contribution in [3.63, 3.8) is 0 Å². The molecule has 2 heterocycles. The van der Waals surface area contributed by atoms with Gasteiger partial charge in [-0.25, -0.2) is 0 Å². The number of carbonyl (C=O) groups is 2. The SMILES string of the molecule is CCOc1cccc(N2CC(C)C(=O)N2)c1.COc1ccc(C2CN(c3cccc(NS(=O)Oc4cc(C)ccc4C)c3)NC2=O)cc1. The van der Waals surface area contributed by atoms with Gasteiger partial charge in [0.1, 0.15) is 17.2 Å². The molecule has 3 unspecified atom stereocenters. The van der Waals surface area contributed by atoms with Gasteiger partial charge in [-0.15, -0.1) is 0 Å². The number of hydrogen-bond acceptors (Lipinski definition) is 8. The van der Waals surface area contributed by atoms with Crippen molar-refractivity contribution in [1.82, 2.24) is 10.9 Å². The summed E-state index contributed by atoms with van der Waals surface area (Å²) in [4.78, 5) is 24.0. The zero-order valence-electron chi connectivity index (χ0n) is 27.7. The summed E-state index contributed by atoms with van der Waals surface area (Å²) in [5, 5.41) is 3.65. The molecule has 11 nitrogen and oxygen atoms in total. The van der Waals surface area contributed by atoms with Crippen LogP contribution in [0.15, 0.2) is 91.0 Å². The molecule has 0 spiro atoms. The van der Waals surface area contributed by atoms with E-state index >= 15 is 0 Å². The molecule has 0 saturated carbocycles. The van der Waals surface area contributed by atoms with E-state index in [1.54, 1.807) is 18.2 Å². The minimum Gasteiger partial charge on any atom is -0.497 e. The molecule has 2 amide bonds. The highest BCUT2D eigenvalue weighted by molar-refractivity contribution is 7.82. The van der Waals surface area contributed by atoms with Crippen LogP contribution in [0.3, 0.4) is 0 Å². The summed E-state index contributed by atoms with van der Waals surface area (Å²) in [6.07, 6.45) is 0. The molecule has 0 aromatic heterocycles. The van der Waals surface area contributed by atoms with Gasteiger partial charge in [-0.05, 0) is 86.0 Å². The molecule has 2 fully saturated rings. The Morgan fingerprint density at radius 1 is 0.833 bits per heavy atom. The molecule has 6 rings (SSSR count). The second-order valence-electron chi connectivity index (χ2n) is 11.6. The van der Waals surface area contributed by atoms with Crippen LogP contribution in [0.25, 0.3) is 0 Å². The lowest BCUT2D eigenvalue weighted by molar-refractivity contribution is -0.122. The van der Waals surface area contributed by atoms with E-state index in [0.29, 0.717) is 31.1 Å². The second-order valence-corrected chi connectivity index (χ2v) is 12.4. The molecule has 48 heavy (non-hydrogen) atoms. The quantitative estimate of drug-likeness (QED) is 0.200. The summed E-state index contributed by atoms with van der Waals surface area (Å²) < 4.78 is 31.6. The second kappa shape index (κ2) is 15.6. The third-order valence-electron chi connectivity index (χ3n) is 7.90. The lowest BCUT2D eigenvalue weighted by Crippen LogP contribution is -2.32. The van der Waals surface area contributed by atoms with Gasteiger partial charge in [-0.3, -0.25) is 35.2 Å². The van der Waals surface area contributed by atoms with Gasteiger partial charge in [-0.2, -0.15) is 4.21 Å². The predicted octanol–water partition coefficient (Wildman–Crippen LogP) is 5.59. The zero-order valence-corrected chi connectivity index (χ0v) is 28.5. The number of hydrogen-bond donors (Lipinski definition) is 3. The van der Waals surface area contributed by atoms with Gasteiger partial charge in [0.25, 0.3) is 0 Å². The average Bonchev–Trinajstić information content (AvgIpc) is 3.64. The molecule has 3 N–H and O–H groups in total. The van der Waals surface area contributed by atoms with Crippen LogP contribution in [-0.4, -0.2) is 42.8 Å². The van der Waals surface area contributed by atoms with Crippen molar-refractivity contribution in [3.8, 4) is 17.2 Å². The van der Waals surface area contributed by atoms with E-state index in [1.165, 1.54) is 0 Å². The molecule has 2 aliphatic rings. The van der Waals surface area contributed by atoms with E-state index in [2.05, 4.69) is 15.6 Å². The number of amides is 2. The number of aryl methyl sites for hydroxylation is 2. The Morgan fingerprint density at radius 3 is 2.21 bits per heavy atom. The van der Waals surface area contributed by atoms with Gasteiger partial charge in [0.05, 0.1) is 55.7 Å². The van der Waals surface area contributed by atoms with Gasteiger partial charge in [0.15, 0.2) is 0 Å². The number of hydrazine groups is 2. The Balaban J connectivity index is 0.000000236. The number of benzene rings is 4. The van der Waals surface area contributed by atoms with E-state index in [9.17, 15) is 13.8 Å². The Bertz CT molecular complexity index is 1770. The number of nitrogens with one attached hydrogen (secondary N) is 3. The fraction of sp³-hybridized carbons (Fsp3) is 0.278. The first-order valence-corrected chi connectivity index (χ1v) is 16.8. The maximum Gasteiger partial charge on any atom is 0.316 e. The van der Waals surface area contributed by atoms with Gasteiger partial charge < -0.3 is 13.7 Å². The molecule has 4 aromatic carbocycles. The van der Waals surface area contributed by atoms with Crippen molar-refractivity contribution in [3.05, 3.63) is 108 Å². The maximum atomic E-state index is 12.6. The number of carbonyl (C=O) groups excluding carboxylic acids is 2. The standard InChI is InChI=1S/C24H25N3O4S.C12H16N2O2/c1-16-7-8-17(2)23(13-16)31-32(29)26-19-5-4-6-20(14-19)27-15-22(24(28)25-27)18-9-11-21(30-3)12-10-18;1-3-16-11-6-4-5-10(7-11)14-8-9(2)12(15)13-14/h4-14,22,26H,15H2,1-3H3,(H,25,28);4-7,9H,3,8H2,1-2H3,(H,13,15). The Kier molecular flexibility index (Phi) is 11.1. The molecule has 2 saturated heterocycles. The predicted molar refractivity (Wildman–Crippen MR) is 188 cm³/mol. The van der Waals surface area contributed by atoms with Gasteiger partial charge >= 0.3 is 11.3 Å². The van der Waals surface area contributed by atoms with E-state index in [-0.39, 0.29) is 23.7 Å². The summed E-state index contributed by atoms with van der Waals surface area (Å²) in [5.41, 5.74) is 11.0. The van der Waals surface area contributed by atoms with E-state index in [0.717, 1.165) is 39.6 Å². The number of rotatable bonds is 10. The summed E-state index contributed by atoms with van der Waals surface area (Å²) in [5.74, 6) is 1.89. The molecular weight excluding hydrogens is 630 g/mol. The Labute approximate surface area is 283 Å². The highest BCUT2D eigenvalue weighted by Gasteiger charge is 2.32. The minimum atomic E-state index is -1.76. The molecular formula is C36H41N5O6S. The van der Waals surface area contributed by atoms with Gasteiger partial charge in [0, 0.05) is 6.07 Å². The van der Waals surface area contributed by atoms with E-state index < -0.39 is 11.3 Å². The van der Waals surface area contributed by atoms with E-state index in [1.807, 2.05) is 118 Å². The number of nitrogens with zero attached hydrogens (tertiary/aromatic N) is 2. The Hall–Kier alpha value is -5.23. The lowest BCUT2D eigenvalue weighted by Gasteiger charge is -2.18. The molecule has 0 bridgehead atoms. The van der Waals surface area contributed by atoms with Crippen molar-refractivity contribution >= 4 is 40.1 Å². The summed E-state index contributed by atoms with van der Waals surface area (Å²) in [6.45, 7) is 9.56. The lowest BCUT2D eigenvalue weighted by atomic mass is 9.99. The topological polar surface area (TPSA) is 121 Å². The van der Waals surface area contributed by atoms with Crippen LogP contribution in [0.2, 0.25) is 0 Å². The normalized spacial score (nSPS) is 17.5. The third-order valence-corrected chi connectivity index (χ3v) is 8.64. The molecule has 3 atom stereocenters. The van der Waals surface area contributed by atoms with Crippen molar-refractivity contribution < 1.29 is 27.5 Å². The smallest absolute Gasteiger partial charge is 0.316 e. The van der Waals surface area contributed by atoms with Crippen LogP contribution < -0.4 is 39.2 Å². The van der Waals surface area contributed by atoms with Crippen LogP contribution in [0, 0.1) is 19.8 Å². The van der Waals surface area contributed by atoms with Crippen molar-refractivity contribution in [2.45, 2.75) is 33.6 Å². The summed E-state index contributed by atoms with van der Waals surface area (Å²) in [7, 11) is 1.61. The summed E-state index contributed by atoms with van der Waals surface area (Å²) in [6, 6.07) is 28.3. The fourth-order valence-electron chi connectivity index (χ4n) is 5.24. The first kappa shape index (κ1) is 34.1. The first-order chi connectivity index (χ1) is 23.1. The average molecular weight is 672 g/mol. The largest absolute Gasteiger partial charge is 0.497 e. The van der Waals surface area contributed by atoms with Crippen molar-refractivity contribution in [2.24, 2.45) is 5.92 Å². The van der Waals surface area contributed by atoms with Crippen LogP contribution in [0.1, 0.15) is 36.5 Å². The molecule has 12 heteroatoms. The molecule has 4 aromatic rings. The Morgan fingerprint density at radius 2 is 1.52 bits per heavy atom. The first-order valence-electron chi connectivity index (χ1n) is 15.7. The maximum absolute atomic E-state index is 12.6. The van der Waals surface area contributed by atoms with Crippen LogP contribution in [0.4, 0.5) is 17.1 Å².